The number of carbonyl (C=O) groups is 3. The Labute approximate surface area is 268 Å². The molecule has 6 aliphatic rings. The fourth-order valence-electron chi connectivity index (χ4n) is 9.52. The van der Waals surface area contributed by atoms with Crippen LogP contribution >= 0.6 is 11.6 Å². The summed E-state index contributed by atoms with van der Waals surface area (Å²) in [7, 11) is 3.15. The lowest BCUT2D eigenvalue weighted by molar-refractivity contribution is -0.153. The number of primary amides is 1. The van der Waals surface area contributed by atoms with Gasteiger partial charge in [0.2, 0.25) is 5.78 Å². The van der Waals surface area contributed by atoms with Crippen LogP contribution in [0.25, 0.3) is 5.76 Å². The van der Waals surface area contributed by atoms with Gasteiger partial charge in [-0.3, -0.25) is 24.2 Å². The number of nitrogens with two attached hydrogens (primary N) is 1. The van der Waals surface area contributed by atoms with Gasteiger partial charge in [-0.2, -0.15) is 0 Å². The Hall–Kier alpha value is -2.92. The molecule has 244 valence electrons. The summed E-state index contributed by atoms with van der Waals surface area (Å²) in [6.45, 7) is 9.13. The number of aromatic hydroxyl groups is 1. The van der Waals surface area contributed by atoms with Gasteiger partial charge in [0, 0.05) is 29.6 Å². The quantitative estimate of drug-likeness (QED) is 0.280. The van der Waals surface area contributed by atoms with E-state index >= 15 is 0 Å². The number of aliphatic hydroxyl groups excluding tert-OH is 2. The Bertz CT molecular complexity index is 1560. The first-order valence-electron chi connectivity index (χ1n) is 16.0. The Kier molecular flexibility index (Phi) is 7.71. The van der Waals surface area contributed by atoms with Crippen LogP contribution in [0.5, 0.6) is 5.75 Å². The van der Waals surface area contributed by atoms with Crippen LogP contribution in [0, 0.1) is 35.0 Å². The van der Waals surface area contributed by atoms with Crippen molar-refractivity contribution < 1.29 is 34.8 Å². The molecule has 0 aromatic heterocycles. The highest BCUT2D eigenvalue weighted by Crippen LogP contribution is 2.61. The number of rotatable bonds is 7. The van der Waals surface area contributed by atoms with Gasteiger partial charge >= 0.3 is 0 Å². The van der Waals surface area contributed by atoms with Crippen LogP contribution in [-0.4, -0.2) is 86.5 Å². The smallest absolute Gasteiger partial charge is 0.255 e. The van der Waals surface area contributed by atoms with E-state index in [1.807, 2.05) is 0 Å². The van der Waals surface area contributed by atoms with Crippen LogP contribution in [-0.2, 0) is 27.3 Å². The molecule has 0 radical (unpaired) electrons. The second-order valence-corrected chi connectivity index (χ2v) is 15.1. The topological polar surface area (TPSA) is 165 Å². The maximum absolute atomic E-state index is 14.0. The highest BCUT2D eigenvalue weighted by atomic mass is 35.5. The third-order valence-electron chi connectivity index (χ3n) is 12.1. The van der Waals surface area contributed by atoms with E-state index in [1.54, 1.807) is 14.1 Å². The molecule has 4 saturated carbocycles. The number of halogens is 1. The average molecular weight is 642 g/mol. The van der Waals surface area contributed by atoms with Gasteiger partial charge in [0.25, 0.3) is 5.91 Å². The van der Waals surface area contributed by atoms with Crippen LogP contribution in [0.3, 0.4) is 0 Å². The van der Waals surface area contributed by atoms with Crippen molar-refractivity contribution in [2.45, 2.75) is 71.1 Å². The SMILES string of the molecule is CCN(Cc1cc(O)c2c(c1Cl)C[C@H]1C[C@H]3[C@H](N(C)C)C(=O)C(C(N)=O)=C(O)[C@@]3(O)C(=O)C1=C2O)C[C@H]1CCC2CC1C2(C)C. The van der Waals surface area contributed by atoms with Crippen molar-refractivity contribution in [3.8, 4) is 5.75 Å². The van der Waals surface area contributed by atoms with Gasteiger partial charge in [-0.1, -0.05) is 32.4 Å². The first-order chi connectivity index (χ1) is 21.0. The Morgan fingerprint density at radius 1 is 1.11 bits per heavy atom. The molecule has 4 fully saturated rings. The summed E-state index contributed by atoms with van der Waals surface area (Å²) < 4.78 is 0. The number of likely N-dealkylation sites (N-methyl/N-ethyl adjacent to an activating group) is 1. The van der Waals surface area contributed by atoms with E-state index in [0.29, 0.717) is 34.4 Å². The predicted molar refractivity (Wildman–Crippen MR) is 168 cm³/mol. The number of ketones is 2. The molecule has 6 aliphatic carbocycles. The number of benzene rings is 1. The molecule has 2 bridgehead atoms. The first kappa shape index (κ1) is 32.0. The number of carbonyl (C=O) groups excluding carboxylic acids is 3. The van der Waals surface area contributed by atoms with Crippen LogP contribution in [0.4, 0.5) is 0 Å². The molecule has 1 amide bonds. The fourth-order valence-corrected chi connectivity index (χ4v) is 9.81. The number of aliphatic hydroxyl groups is 3. The van der Waals surface area contributed by atoms with Gasteiger partial charge in [-0.25, -0.2) is 0 Å². The molecule has 2 unspecified atom stereocenters. The maximum Gasteiger partial charge on any atom is 0.255 e. The molecule has 0 heterocycles. The fraction of sp³-hybridized carbons (Fsp3) is 0.618. The van der Waals surface area contributed by atoms with Crippen molar-refractivity contribution in [3.05, 3.63) is 44.7 Å². The zero-order valence-corrected chi connectivity index (χ0v) is 27.3. The van der Waals surface area contributed by atoms with Crippen LogP contribution in [0.1, 0.15) is 63.1 Å². The Balaban J connectivity index is 1.36. The lowest BCUT2D eigenvalue weighted by atomic mass is 9.45. The molecule has 7 rings (SSSR count). The Morgan fingerprint density at radius 3 is 2.38 bits per heavy atom. The van der Waals surface area contributed by atoms with E-state index in [-0.39, 0.29) is 29.7 Å². The van der Waals surface area contributed by atoms with Gasteiger partial charge in [-0.05, 0) is 99.0 Å². The molecule has 1 aromatic rings. The maximum atomic E-state index is 14.0. The number of hydrogen-bond donors (Lipinski definition) is 5. The number of amides is 1. The Morgan fingerprint density at radius 2 is 1.80 bits per heavy atom. The van der Waals surface area contributed by atoms with Crippen molar-refractivity contribution in [2.24, 2.45) is 40.7 Å². The van der Waals surface area contributed by atoms with Gasteiger partial charge in [0.1, 0.15) is 22.8 Å². The van der Waals surface area contributed by atoms with Crippen LogP contribution < -0.4 is 5.73 Å². The number of hydrogen-bond acceptors (Lipinski definition) is 9. The van der Waals surface area contributed by atoms with E-state index in [9.17, 15) is 34.8 Å². The highest BCUT2D eigenvalue weighted by molar-refractivity contribution is 6.32. The minimum atomic E-state index is -2.67. The molecule has 6 N–H and O–H groups in total. The molecular weight excluding hydrogens is 598 g/mol. The molecule has 45 heavy (non-hydrogen) atoms. The number of Topliss-reactive ketones (excluding diaryl/α,β-unsaturated/α-hetero) is 2. The number of fused-ring (bicyclic) bond motifs is 5. The summed E-state index contributed by atoms with van der Waals surface area (Å²) in [5, 5.41) is 45.9. The van der Waals surface area contributed by atoms with E-state index in [1.165, 1.54) is 30.2 Å². The highest BCUT2D eigenvalue weighted by Gasteiger charge is 2.64. The molecule has 7 atom stereocenters. The first-order valence-corrected chi connectivity index (χ1v) is 16.3. The van der Waals surface area contributed by atoms with Gasteiger partial charge < -0.3 is 26.2 Å². The van der Waals surface area contributed by atoms with Crippen LogP contribution in [0.2, 0.25) is 5.02 Å². The zero-order valence-electron chi connectivity index (χ0n) is 26.6. The summed E-state index contributed by atoms with van der Waals surface area (Å²) in [5.41, 5.74) is 3.31. The van der Waals surface area contributed by atoms with E-state index in [0.717, 1.165) is 24.6 Å². The molecule has 0 aliphatic heterocycles. The summed E-state index contributed by atoms with van der Waals surface area (Å²) in [6, 6.07) is 0.395. The lowest BCUT2D eigenvalue weighted by Crippen LogP contribution is -2.65. The van der Waals surface area contributed by atoms with Gasteiger partial charge in [-0.15, -0.1) is 0 Å². The van der Waals surface area contributed by atoms with Crippen molar-refractivity contribution in [3.63, 3.8) is 0 Å². The second-order valence-electron chi connectivity index (χ2n) is 14.7. The van der Waals surface area contributed by atoms with Gasteiger partial charge in [0.05, 0.1) is 11.6 Å². The van der Waals surface area contributed by atoms with E-state index in [2.05, 4.69) is 25.7 Å². The summed E-state index contributed by atoms with van der Waals surface area (Å²) in [6.07, 6.45) is 3.95. The second kappa shape index (κ2) is 10.8. The summed E-state index contributed by atoms with van der Waals surface area (Å²) in [4.78, 5) is 43.4. The third kappa shape index (κ3) is 4.50. The monoisotopic (exact) mass is 641 g/mol. The van der Waals surface area contributed by atoms with Crippen molar-refractivity contribution in [2.75, 3.05) is 27.2 Å². The normalized spacial score (nSPS) is 33.6. The molecule has 0 saturated heterocycles. The molecule has 10 nitrogen and oxygen atoms in total. The molecule has 1 aromatic carbocycles. The van der Waals surface area contributed by atoms with Crippen molar-refractivity contribution in [1.82, 2.24) is 9.80 Å². The van der Waals surface area contributed by atoms with E-state index in [4.69, 9.17) is 17.3 Å². The molecule has 0 spiro atoms. The average Bonchev–Trinajstić information content (AvgIpc) is 2.96. The minimum Gasteiger partial charge on any atom is -0.508 e. The van der Waals surface area contributed by atoms with Crippen molar-refractivity contribution >= 4 is 34.8 Å². The zero-order chi connectivity index (χ0) is 32.9. The standard InChI is InChI=1S/C34H44ClN3O7/c1-6-38(13-15-7-8-18-12-20(15)33(18,2)3)14-17-11-22(39)24-19(26(17)35)9-16-10-21-27(37(4)5)29(41)25(32(36)44)31(43)34(21,45)30(42)23(16)28(24)40/h11,15-16,18,20-21,27,39-40,43,45H,6-10,12-14H2,1-5H3,(H2,36,44)/t15-,16+,18?,20?,21+,27+,34+/m1/s1. The minimum absolute atomic E-state index is 0.0117. The lowest BCUT2D eigenvalue weighted by Gasteiger charge is -2.60. The number of phenols is 1. The van der Waals surface area contributed by atoms with Crippen molar-refractivity contribution in [1.29, 1.82) is 0 Å². The number of nitrogens with zero attached hydrogens (tertiary/aromatic N) is 2. The molecule has 11 heteroatoms. The predicted octanol–water partition coefficient (Wildman–Crippen LogP) is 3.51. The summed E-state index contributed by atoms with van der Waals surface area (Å²) in [5.74, 6) is -4.64. The van der Waals surface area contributed by atoms with Gasteiger partial charge in [0.15, 0.2) is 11.4 Å². The largest absolute Gasteiger partial charge is 0.508 e. The molecular formula is C34H44ClN3O7. The third-order valence-corrected chi connectivity index (χ3v) is 12.5. The number of phenolic OH excluding ortho intramolecular Hbond substituents is 1. The van der Waals surface area contributed by atoms with E-state index < -0.39 is 58.0 Å². The van der Waals surface area contributed by atoms with Crippen LogP contribution in [0.15, 0.2) is 23.0 Å². The summed E-state index contributed by atoms with van der Waals surface area (Å²) >= 11 is 7.03.